The summed E-state index contributed by atoms with van der Waals surface area (Å²) in [6, 6.07) is 8.44. The first kappa shape index (κ1) is 21.0. The van der Waals surface area contributed by atoms with Gasteiger partial charge in [0.2, 0.25) is 0 Å². The van der Waals surface area contributed by atoms with E-state index in [9.17, 15) is 4.79 Å². The van der Waals surface area contributed by atoms with Gasteiger partial charge in [-0.3, -0.25) is 9.88 Å². The summed E-state index contributed by atoms with van der Waals surface area (Å²) in [5.41, 5.74) is 1.79. The normalized spacial score (nSPS) is 28.6. The summed E-state index contributed by atoms with van der Waals surface area (Å²) >= 11 is 1.69. The van der Waals surface area contributed by atoms with Crippen LogP contribution in [-0.2, 0) is 6.42 Å². The van der Waals surface area contributed by atoms with Gasteiger partial charge >= 0.3 is 6.03 Å². The van der Waals surface area contributed by atoms with E-state index in [0.29, 0.717) is 5.41 Å². The summed E-state index contributed by atoms with van der Waals surface area (Å²) in [6.07, 6.45) is 15.5. The molecule has 4 nitrogen and oxygen atoms in total. The molecular formula is C26H35N3OS. The van der Waals surface area contributed by atoms with Gasteiger partial charge in [0.15, 0.2) is 0 Å². The Morgan fingerprint density at radius 2 is 1.74 bits per heavy atom. The van der Waals surface area contributed by atoms with Gasteiger partial charge in [0.1, 0.15) is 0 Å². The van der Waals surface area contributed by atoms with E-state index in [1.54, 1.807) is 11.3 Å². The molecule has 166 valence electrons. The lowest BCUT2D eigenvalue weighted by atomic mass is 9.49. The maximum Gasteiger partial charge on any atom is 0.324 e. The molecule has 2 amide bonds. The number of aromatic nitrogens is 1. The third kappa shape index (κ3) is 4.67. The van der Waals surface area contributed by atoms with E-state index >= 15 is 0 Å². The molecule has 4 aliphatic rings. The average Bonchev–Trinajstić information content (AvgIpc) is 3.28. The number of pyridine rings is 1. The Labute approximate surface area is 190 Å². The van der Waals surface area contributed by atoms with E-state index in [0.717, 1.165) is 48.7 Å². The number of carbonyl (C=O) groups excluding carboxylic acids is 1. The van der Waals surface area contributed by atoms with Gasteiger partial charge in [-0.05, 0) is 116 Å². The summed E-state index contributed by atoms with van der Waals surface area (Å²) in [5, 5.41) is 3.18. The molecule has 2 aromatic rings. The van der Waals surface area contributed by atoms with Gasteiger partial charge in [-0.2, -0.15) is 0 Å². The van der Waals surface area contributed by atoms with Crippen molar-refractivity contribution in [3.8, 4) is 0 Å². The molecule has 0 aromatic carbocycles. The topological polar surface area (TPSA) is 36.4 Å². The Bertz CT molecular complexity index is 831. The van der Waals surface area contributed by atoms with Crippen LogP contribution in [0.3, 0.4) is 0 Å². The van der Waals surface area contributed by atoms with Crippen molar-refractivity contribution >= 4 is 22.4 Å². The Kier molecular flexibility index (Phi) is 6.05. The number of nitrogens with zero attached hydrogens (tertiary/aromatic N) is 3. The van der Waals surface area contributed by atoms with Crippen LogP contribution in [0.2, 0.25) is 0 Å². The molecule has 4 fully saturated rings. The van der Waals surface area contributed by atoms with E-state index in [4.69, 9.17) is 0 Å². The first-order chi connectivity index (χ1) is 15.1. The van der Waals surface area contributed by atoms with E-state index in [1.165, 1.54) is 50.5 Å². The molecule has 2 heterocycles. The van der Waals surface area contributed by atoms with Gasteiger partial charge in [-0.1, -0.05) is 0 Å². The maximum absolute atomic E-state index is 13.4. The van der Waals surface area contributed by atoms with Crippen LogP contribution in [0.4, 0.5) is 9.80 Å². The Balaban J connectivity index is 1.21. The molecule has 0 unspecified atom stereocenters. The zero-order chi connectivity index (χ0) is 21.3. The van der Waals surface area contributed by atoms with Crippen molar-refractivity contribution in [2.24, 2.45) is 23.2 Å². The van der Waals surface area contributed by atoms with E-state index < -0.39 is 0 Å². The van der Waals surface area contributed by atoms with Crippen molar-refractivity contribution in [2.75, 3.05) is 25.0 Å². The molecule has 0 atom stereocenters. The minimum atomic E-state index is 0.155. The maximum atomic E-state index is 13.4. The molecule has 0 aliphatic heterocycles. The lowest BCUT2D eigenvalue weighted by Crippen LogP contribution is -2.48. The smallest absolute Gasteiger partial charge is 0.324 e. The lowest BCUT2D eigenvalue weighted by Gasteiger charge is -2.57. The minimum Gasteiger partial charge on any atom is -0.327 e. The van der Waals surface area contributed by atoms with Crippen molar-refractivity contribution in [3.63, 3.8) is 0 Å². The van der Waals surface area contributed by atoms with Gasteiger partial charge in [0.05, 0.1) is 5.00 Å². The minimum absolute atomic E-state index is 0.155. The fourth-order valence-corrected chi connectivity index (χ4v) is 7.79. The zero-order valence-electron chi connectivity index (χ0n) is 18.7. The Morgan fingerprint density at radius 1 is 1.06 bits per heavy atom. The SMILES string of the molecule is CN(CCCc1ccncc1)C(=O)N(CCC12CC3CC(CC(C3)C1)C2)c1cccs1. The van der Waals surface area contributed by atoms with Crippen LogP contribution in [0.25, 0.3) is 0 Å². The van der Waals surface area contributed by atoms with Crippen LogP contribution in [0.15, 0.2) is 42.0 Å². The molecule has 0 saturated heterocycles. The summed E-state index contributed by atoms with van der Waals surface area (Å²) in [4.78, 5) is 21.5. The number of thiophene rings is 1. The third-order valence-corrected chi connectivity index (χ3v) is 8.96. The van der Waals surface area contributed by atoms with E-state index in [1.807, 2.05) is 24.3 Å². The quantitative estimate of drug-likeness (QED) is 0.490. The largest absolute Gasteiger partial charge is 0.327 e. The van der Waals surface area contributed by atoms with Crippen molar-refractivity contribution < 1.29 is 4.79 Å². The number of aryl methyl sites for hydroxylation is 1. The highest BCUT2D eigenvalue weighted by atomic mass is 32.1. The molecule has 4 aliphatic carbocycles. The van der Waals surface area contributed by atoms with Crippen LogP contribution in [0, 0.1) is 23.2 Å². The molecule has 6 rings (SSSR count). The molecule has 4 bridgehead atoms. The second kappa shape index (κ2) is 8.93. The first-order valence-corrected chi connectivity index (χ1v) is 12.9. The number of amides is 2. The fourth-order valence-electron chi connectivity index (χ4n) is 7.04. The summed E-state index contributed by atoms with van der Waals surface area (Å²) in [6.45, 7) is 1.64. The molecule has 4 saturated carbocycles. The van der Waals surface area contributed by atoms with Crippen molar-refractivity contribution in [1.82, 2.24) is 9.88 Å². The number of rotatable bonds is 8. The van der Waals surface area contributed by atoms with Crippen molar-refractivity contribution in [2.45, 2.75) is 57.8 Å². The summed E-state index contributed by atoms with van der Waals surface area (Å²) < 4.78 is 0. The summed E-state index contributed by atoms with van der Waals surface area (Å²) in [5.74, 6) is 2.90. The number of hydrogen-bond acceptors (Lipinski definition) is 3. The standard InChI is InChI=1S/C26H35N3OS/c1-28(11-2-4-20-6-9-27-10-7-20)25(30)29(24-5-3-13-31-24)12-8-26-17-21-14-22(18-26)16-23(15-21)19-26/h3,5-7,9-10,13,21-23H,2,4,8,11-12,14-19H2,1H3. The van der Waals surface area contributed by atoms with Gasteiger partial charge in [0, 0.05) is 32.5 Å². The summed E-state index contributed by atoms with van der Waals surface area (Å²) in [7, 11) is 1.96. The number of urea groups is 1. The predicted molar refractivity (Wildman–Crippen MR) is 127 cm³/mol. The second-order valence-corrected chi connectivity index (χ2v) is 11.4. The highest BCUT2D eigenvalue weighted by Crippen LogP contribution is 2.61. The van der Waals surface area contributed by atoms with Crippen LogP contribution in [0.5, 0.6) is 0 Å². The van der Waals surface area contributed by atoms with Gasteiger partial charge in [0.25, 0.3) is 0 Å². The Hall–Kier alpha value is -1.88. The number of hydrogen-bond donors (Lipinski definition) is 0. The van der Waals surface area contributed by atoms with E-state index in [2.05, 4.69) is 39.5 Å². The van der Waals surface area contributed by atoms with Crippen LogP contribution in [-0.4, -0.2) is 36.1 Å². The Morgan fingerprint density at radius 3 is 2.35 bits per heavy atom. The first-order valence-electron chi connectivity index (χ1n) is 12.1. The molecule has 0 radical (unpaired) electrons. The second-order valence-electron chi connectivity index (χ2n) is 10.4. The van der Waals surface area contributed by atoms with Gasteiger partial charge < -0.3 is 4.90 Å². The molecule has 5 heteroatoms. The molecule has 0 N–H and O–H groups in total. The fraction of sp³-hybridized carbons (Fsp3) is 0.615. The monoisotopic (exact) mass is 437 g/mol. The lowest BCUT2D eigenvalue weighted by molar-refractivity contribution is -0.0557. The number of anilines is 1. The third-order valence-electron chi connectivity index (χ3n) is 8.07. The predicted octanol–water partition coefficient (Wildman–Crippen LogP) is 6.24. The van der Waals surface area contributed by atoms with Crippen molar-refractivity contribution in [3.05, 3.63) is 47.6 Å². The highest BCUT2D eigenvalue weighted by Gasteiger charge is 2.50. The number of carbonyl (C=O) groups is 1. The van der Waals surface area contributed by atoms with Gasteiger partial charge in [-0.15, -0.1) is 11.3 Å². The van der Waals surface area contributed by atoms with Crippen LogP contribution in [0.1, 0.15) is 56.9 Å². The highest BCUT2D eigenvalue weighted by molar-refractivity contribution is 7.14. The van der Waals surface area contributed by atoms with Gasteiger partial charge in [-0.25, -0.2) is 4.79 Å². The molecule has 31 heavy (non-hydrogen) atoms. The van der Waals surface area contributed by atoms with Crippen LogP contribution >= 0.6 is 11.3 Å². The molecule has 2 aromatic heterocycles. The molecule has 0 spiro atoms. The van der Waals surface area contributed by atoms with Crippen LogP contribution < -0.4 is 4.90 Å². The van der Waals surface area contributed by atoms with Crippen molar-refractivity contribution in [1.29, 1.82) is 0 Å². The zero-order valence-corrected chi connectivity index (χ0v) is 19.5. The van der Waals surface area contributed by atoms with E-state index in [-0.39, 0.29) is 6.03 Å². The average molecular weight is 438 g/mol. The molecular weight excluding hydrogens is 402 g/mol.